The number of fused-ring (bicyclic) bond motifs is 1. The summed E-state index contributed by atoms with van der Waals surface area (Å²) in [5.41, 5.74) is 7.76. The van der Waals surface area contributed by atoms with Crippen molar-refractivity contribution in [3.05, 3.63) is 36.2 Å². The molecule has 5 heteroatoms. The Morgan fingerprint density at radius 3 is 2.62 bits per heavy atom. The number of rotatable bonds is 6. The van der Waals surface area contributed by atoms with Gasteiger partial charge in [-0.25, -0.2) is 0 Å². The predicted octanol–water partition coefficient (Wildman–Crippen LogP) is 2.08. The van der Waals surface area contributed by atoms with Crippen LogP contribution in [0.3, 0.4) is 0 Å². The van der Waals surface area contributed by atoms with Crippen molar-refractivity contribution in [2.75, 3.05) is 19.6 Å². The van der Waals surface area contributed by atoms with Crippen molar-refractivity contribution in [1.82, 2.24) is 14.9 Å². The lowest BCUT2D eigenvalue weighted by molar-refractivity contribution is 0.0735. The molecule has 2 N–H and O–H groups in total. The van der Waals surface area contributed by atoms with Gasteiger partial charge in [0.1, 0.15) is 0 Å². The summed E-state index contributed by atoms with van der Waals surface area (Å²) in [6.07, 6.45) is 4.10. The zero-order valence-corrected chi connectivity index (χ0v) is 12.6. The van der Waals surface area contributed by atoms with Gasteiger partial charge in [0.2, 0.25) is 0 Å². The molecule has 0 atom stereocenters. The Bertz CT molecular complexity index is 612. The number of aromatic nitrogens is 2. The summed E-state index contributed by atoms with van der Waals surface area (Å²) in [6, 6.07) is 5.46. The lowest BCUT2D eigenvalue weighted by atomic mass is 10.1. The molecule has 0 fully saturated rings. The molecule has 21 heavy (non-hydrogen) atoms. The van der Waals surface area contributed by atoms with Crippen LogP contribution in [0, 0.1) is 5.92 Å². The van der Waals surface area contributed by atoms with Gasteiger partial charge in [-0.1, -0.05) is 13.8 Å². The highest BCUT2D eigenvalue weighted by atomic mass is 16.2. The minimum atomic E-state index is 0.0321. The van der Waals surface area contributed by atoms with E-state index in [4.69, 9.17) is 5.73 Å². The maximum Gasteiger partial charge on any atom is 0.253 e. The average Bonchev–Trinajstić information content (AvgIpc) is 2.50. The van der Waals surface area contributed by atoms with Crippen molar-refractivity contribution in [3.63, 3.8) is 0 Å². The smallest absolute Gasteiger partial charge is 0.253 e. The number of benzene rings is 1. The lowest BCUT2D eigenvalue weighted by Crippen LogP contribution is -2.35. The van der Waals surface area contributed by atoms with Crippen molar-refractivity contribution in [2.24, 2.45) is 11.7 Å². The van der Waals surface area contributed by atoms with Crippen molar-refractivity contribution in [1.29, 1.82) is 0 Å². The second kappa shape index (κ2) is 7.13. The van der Waals surface area contributed by atoms with Gasteiger partial charge in [-0.15, -0.1) is 0 Å². The first-order chi connectivity index (χ1) is 10.1. The van der Waals surface area contributed by atoms with E-state index < -0.39 is 0 Å². The third-order valence-corrected chi connectivity index (χ3v) is 3.22. The Hall–Kier alpha value is -2.01. The van der Waals surface area contributed by atoms with Crippen LogP contribution in [0.15, 0.2) is 30.6 Å². The number of carbonyl (C=O) groups excluding carboxylic acids is 1. The number of amides is 1. The summed E-state index contributed by atoms with van der Waals surface area (Å²) in [5, 5.41) is 0. The molecule has 1 amide bonds. The van der Waals surface area contributed by atoms with Crippen LogP contribution < -0.4 is 5.73 Å². The molecule has 0 aliphatic heterocycles. The molecule has 0 spiro atoms. The van der Waals surface area contributed by atoms with Crippen LogP contribution in [0.5, 0.6) is 0 Å². The van der Waals surface area contributed by atoms with Gasteiger partial charge in [-0.2, -0.15) is 0 Å². The maximum atomic E-state index is 12.7. The minimum Gasteiger partial charge on any atom is -0.338 e. The van der Waals surface area contributed by atoms with Crippen LogP contribution in [0.1, 0.15) is 30.6 Å². The molecule has 0 saturated heterocycles. The van der Waals surface area contributed by atoms with E-state index in [1.54, 1.807) is 18.5 Å². The van der Waals surface area contributed by atoms with Crippen molar-refractivity contribution in [2.45, 2.75) is 20.3 Å². The van der Waals surface area contributed by atoms with Gasteiger partial charge in [0, 0.05) is 31.0 Å². The number of hydrogen-bond donors (Lipinski definition) is 1. The molecule has 5 nitrogen and oxygen atoms in total. The quantitative estimate of drug-likeness (QED) is 0.882. The zero-order valence-electron chi connectivity index (χ0n) is 12.6. The van der Waals surface area contributed by atoms with E-state index in [0.29, 0.717) is 24.6 Å². The molecule has 1 aromatic carbocycles. The van der Waals surface area contributed by atoms with Gasteiger partial charge in [0.15, 0.2) is 0 Å². The van der Waals surface area contributed by atoms with E-state index in [2.05, 4.69) is 23.8 Å². The molecule has 0 aliphatic rings. The van der Waals surface area contributed by atoms with Crippen LogP contribution in [0.25, 0.3) is 11.0 Å². The Balaban J connectivity index is 2.24. The number of hydrogen-bond acceptors (Lipinski definition) is 4. The molecule has 2 rings (SSSR count). The number of nitrogens with zero attached hydrogens (tertiary/aromatic N) is 3. The normalized spacial score (nSPS) is 11.0. The Kier molecular flexibility index (Phi) is 5.22. The van der Waals surface area contributed by atoms with E-state index in [0.717, 1.165) is 24.0 Å². The zero-order chi connectivity index (χ0) is 15.2. The molecule has 0 saturated carbocycles. The van der Waals surface area contributed by atoms with Gasteiger partial charge in [0.05, 0.1) is 11.0 Å². The molecule has 1 aromatic heterocycles. The molecule has 1 heterocycles. The Morgan fingerprint density at radius 1 is 1.24 bits per heavy atom. The van der Waals surface area contributed by atoms with Crippen molar-refractivity contribution >= 4 is 16.9 Å². The Labute approximate surface area is 125 Å². The highest BCUT2D eigenvalue weighted by Crippen LogP contribution is 2.14. The Morgan fingerprint density at radius 2 is 1.95 bits per heavy atom. The third-order valence-electron chi connectivity index (χ3n) is 3.22. The van der Waals surface area contributed by atoms with E-state index in [1.807, 2.05) is 17.0 Å². The van der Waals surface area contributed by atoms with E-state index >= 15 is 0 Å². The monoisotopic (exact) mass is 286 g/mol. The van der Waals surface area contributed by atoms with Gasteiger partial charge in [-0.3, -0.25) is 14.8 Å². The first kappa shape index (κ1) is 15.4. The van der Waals surface area contributed by atoms with Crippen LogP contribution >= 0.6 is 0 Å². The van der Waals surface area contributed by atoms with Gasteiger partial charge in [-0.05, 0) is 37.1 Å². The fraction of sp³-hybridized carbons (Fsp3) is 0.438. The molecule has 0 unspecified atom stereocenters. The molecular weight excluding hydrogens is 264 g/mol. The summed E-state index contributed by atoms with van der Waals surface area (Å²) in [4.78, 5) is 23.0. The summed E-state index contributed by atoms with van der Waals surface area (Å²) in [6.45, 7) is 6.22. The molecule has 0 bridgehead atoms. The molecule has 112 valence electrons. The average molecular weight is 286 g/mol. The standard InChI is InChI=1S/C16H22N4O/c1-12(2)11-20(9-3-6-17)16(21)13-4-5-14-15(10-13)19-8-7-18-14/h4-5,7-8,10,12H,3,6,9,11,17H2,1-2H3. The predicted molar refractivity (Wildman–Crippen MR) is 84.0 cm³/mol. The second-order valence-corrected chi connectivity index (χ2v) is 5.55. The van der Waals surface area contributed by atoms with E-state index in [-0.39, 0.29) is 5.91 Å². The van der Waals surface area contributed by atoms with Gasteiger partial charge in [0.25, 0.3) is 5.91 Å². The van der Waals surface area contributed by atoms with Crippen molar-refractivity contribution < 1.29 is 4.79 Å². The summed E-state index contributed by atoms with van der Waals surface area (Å²) < 4.78 is 0. The van der Waals surface area contributed by atoms with E-state index in [9.17, 15) is 4.79 Å². The maximum absolute atomic E-state index is 12.7. The topological polar surface area (TPSA) is 72.1 Å². The summed E-state index contributed by atoms with van der Waals surface area (Å²) >= 11 is 0. The molecule has 0 aliphatic carbocycles. The number of carbonyl (C=O) groups is 1. The van der Waals surface area contributed by atoms with Crippen LogP contribution in [0.4, 0.5) is 0 Å². The van der Waals surface area contributed by atoms with E-state index in [1.165, 1.54) is 0 Å². The summed E-state index contributed by atoms with van der Waals surface area (Å²) in [7, 11) is 0. The SMILES string of the molecule is CC(C)CN(CCCN)C(=O)c1ccc2nccnc2c1. The van der Waals surface area contributed by atoms with Gasteiger partial charge < -0.3 is 10.6 Å². The first-order valence-corrected chi connectivity index (χ1v) is 7.32. The molecular formula is C16H22N4O. The fourth-order valence-corrected chi connectivity index (χ4v) is 2.28. The summed E-state index contributed by atoms with van der Waals surface area (Å²) in [5.74, 6) is 0.455. The molecule has 0 radical (unpaired) electrons. The highest BCUT2D eigenvalue weighted by molar-refractivity contribution is 5.97. The highest BCUT2D eigenvalue weighted by Gasteiger charge is 2.17. The van der Waals surface area contributed by atoms with Crippen LogP contribution in [-0.2, 0) is 0 Å². The van der Waals surface area contributed by atoms with Gasteiger partial charge >= 0.3 is 0 Å². The second-order valence-electron chi connectivity index (χ2n) is 5.55. The minimum absolute atomic E-state index is 0.0321. The number of nitrogens with two attached hydrogens (primary N) is 1. The third kappa shape index (κ3) is 3.98. The fourth-order valence-electron chi connectivity index (χ4n) is 2.28. The van der Waals surface area contributed by atoms with Crippen molar-refractivity contribution in [3.8, 4) is 0 Å². The molecule has 2 aromatic rings. The van der Waals surface area contributed by atoms with Crippen LogP contribution in [0.2, 0.25) is 0 Å². The first-order valence-electron chi connectivity index (χ1n) is 7.32. The largest absolute Gasteiger partial charge is 0.338 e. The van der Waals surface area contributed by atoms with Crippen LogP contribution in [-0.4, -0.2) is 40.4 Å². The lowest BCUT2D eigenvalue weighted by Gasteiger charge is -2.24.